The van der Waals surface area contributed by atoms with Crippen LogP contribution in [0.25, 0.3) is 0 Å². The third-order valence-electron chi connectivity index (χ3n) is 3.75. The lowest BCUT2D eigenvalue weighted by Gasteiger charge is -2.31. The van der Waals surface area contributed by atoms with Crippen LogP contribution in [0.3, 0.4) is 0 Å². The van der Waals surface area contributed by atoms with Gasteiger partial charge in [-0.25, -0.2) is 8.42 Å². The number of sulfonamides is 1. The van der Waals surface area contributed by atoms with E-state index >= 15 is 0 Å². The van der Waals surface area contributed by atoms with Crippen molar-refractivity contribution in [3.05, 3.63) is 11.4 Å². The lowest BCUT2D eigenvalue weighted by molar-refractivity contribution is -0.125. The van der Waals surface area contributed by atoms with E-state index in [-0.39, 0.29) is 23.5 Å². The van der Waals surface area contributed by atoms with Crippen LogP contribution < -0.4 is 5.32 Å². The van der Waals surface area contributed by atoms with E-state index in [1.54, 1.807) is 13.8 Å². The highest BCUT2D eigenvalue weighted by Gasteiger charge is 2.33. The number of ether oxygens (including phenoxy) is 1. The van der Waals surface area contributed by atoms with Gasteiger partial charge in [0.05, 0.1) is 11.4 Å². The largest absolute Gasteiger partial charge is 0.375 e. The number of nitrogens with zero attached hydrogens (tertiary/aromatic N) is 2. The minimum absolute atomic E-state index is 0.0133. The molecule has 2 heterocycles. The molecule has 2 rings (SSSR count). The van der Waals surface area contributed by atoms with E-state index in [2.05, 4.69) is 15.5 Å². The Morgan fingerprint density at radius 3 is 2.55 bits per heavy atom. The molecule has 0 atom stereocenters. The molecule has 0 saturated carbocycles. The van der Waals surface area contributed by atoms with Crippen LogP contribution in [0.15, 0.2) is 4.90 Å². The number of rotatable bonds is 5. The zero-order valence-corrected chi connectivity index (χ0v) is 13.9. The number of nitrogens with one attached hydrogen (secondary N) is 2. The van der Waals surface area contributed by atoms with E-state index < -0.39 is 10.0 Å². The van der Waals surface area contributed by atoms with E-state index in [1.807, 2.05) is 0 Å². The third-order valence-corrected chi connectivity index (χ3v) is 5.92. The Labute approximate surface area is 130 Å². The molecule has 1 aliphatic rings. The van der Waals surface area contributed by atoms with Gasteiger partial charge in [-0.3, -0.25) is 9.89 Å². The average molecular weight is 330 g/mol. The molecule has 1 aromatic heterocycles. The van der Waals surface area contributed by atoms with Gasteiger partial charge in [0, 0.05) is 26.2 Å². The standard InChI is InChI=1S/C13H22N4O4S/c1-9-13(10(2)16-15-9)22(19,20)17-6-4-11(5-7-17)14-12(18)8-21-3/h11H,4-8H2,1-3H3,(H,14,18)(H,15,16). The van der Waals surface area contributed by atoms with Crippen LogP contribution in [0, 0.1) is 13.8 Å². The number of hydrogen-bond acceptors (Lipinski definition) is 5. The Hall–Kier alpha value is -1.45. The lowest BCUT2D eigenvalue weighted by atomic mass is 10.1. The second-order valence-corrected chi connectivity index (χ2v) is 7.32. The molecule has 0 bridgehead atoms. The Balaban J connectivity index is 2.01. The zero-order chi connectivity index (χ0) is 16.3. The van der Waals surface area contributed by atoms with Gasteiger partial charge in [0.15, 0.2) is 0 Å². The molecule has 1 aliphatic heterocycles. The smallest absolute Gasteiger partial charge is 0.246 e. The summed E-state index contributed by atoms with van der Waals surface area (Å²) in [5.41, 5.74) is 1.03. The highest BCUT2D eigenvalue weighted by molar-refractivity contribution is 7.89. The number of carbonyl (C=O) groups is 1. The average Bonchev–Trinajstić information content (AvgIpc) is 2.79. The summed E-state index contributed by atoms with van der Waals surface area (Å²) in [7, 11) is -2.08. The number of aromatic nitrogens is 2. The minimum Gasteiger partial charge on any atom is -0.375 e. The maximum atomic E-state index is 12.7. The second kappa shape index (κ2) is 6.76. The molecule has 0 aliphatic carbocycles. The van der Waals surface area contributed by atoms with Gasteiger partial charge in [-0.05, 0) is 26.7 Å². The molecule has 1 fully saturated rings. The Bertz CT molecular complexity index is 613. The van der Waals surface area contributed by atoms with Gasteiger partial charge in [-0.2, -0.15) is 9.40 Å². The monoisotopic (exact) mass is 330 g/mol. The first-order chi connectivity index (χ1) is 10.4. The van der Waals surface area contributed by atoms with Crippen LogP contribution >= 0.6 is 0 Å². The number of H-pyrrole nitrogens is 1. The summed E-state index contributed by atoms with van der Waals surface area (Å²) in [5, 5.41) is 9.50. The predicted octanol–water partition coefficient (Wildman–Crippen LogP) is -0.0578. The van der Waals surface area contributed by atoms with E-state index in [9.17, 15) is 13.2 Å². The van der Waals surface area contributed by atoms with Gasteiger partial charge in [-0.1, -0.05) is 0 Å². The van der Waals surface area contributed by atoms with Crippen molar-refractivity contribution >= 4 is 15.9 Å². The Kier molecular flexibility index (Phi) is 5.20. The van der Waals surface area contributed by atoms with Crippen LogP contribution in [-0.4, -0.2) is 61.7 Å². The number of carbonyl (C=O) groups excluding carboxylic acids is 1. The van der Waals surface area contributed by atoms with Crippen LogP contribution in [0.5, 0.6) is 0 Å². The quantitative estimate of drug-likeness (QED) is 0.787. The van der Waals surface area contributed by atoms with E-state index in [0.717, 1.165) is 0 Å². The topological polar surface area (TPSA) is 104 Å². The van der Waals surface area contributed by atoms with Crippen molar-refractivity contribution in [2.45, 2.75) is 37.6 Å². The zero-order valence-electron chi connectivity index (χ0n) is 13.0. The Morgan fingerprint density at radius 2 is 2.05 bits per heavy atom. The molecule has 0 spiro atoms. The van der Waals surface area contributed by atoms with Gasteiger partial charge in [0.25, 0.3) is 0 Å². The molecule has 22 heavy (non-hydrogen) atoms. The molecule has 9 heteroatoms. The number of amides is 1. The summed E-state index contributed by atoms with van der Waals surface area (Å²) >= 11 is 0. The normalized spacial score (nSPS) is 17.6. The number of aromatic amines is 1. The molecule has 124 valence electrons. The molecule has 2 N–H and O–H groups in total. The molecule has 1 aromatic rings. The molecule has 8 nitrogen and oxygen atoms in total. The number of hydrogen-bond donors (Lipinski definition) is 2. The SMILES string of the molecule is COCC(=O)NC1CCN(S(=O)(=O)c2c(C)n[nH]c2C)CC1. The first-order valence-corrected chi connectivity index (χ1v) is 8.60. The van der Waals surface area contributed by atoms with Crippen molar-refractivity contribution < 1.29 is 17.9 Å². The summed E-state index contributed by atoms with van der Waals surface area (Å²) in [6.45, 7) is 4.15. The van der Waals surface area contributed by atoms with Gasteiger partial charge in [0.2, 0.25) is 15.9 Å². The number of methoxy groups -OCH3 is 1. The maximum Gasteiger partial charge on any atom is 0.246 e. The van der Waals surface area contributed by atoms with Gasteiger partial charge in [0.1, 0.15) is 11.5 Å². The summed E-state index contributed by atoms with van der Waals surface area (Å²) in [4.78, 5) is 11.7. The van der Waals surface area contributed by atoms with Crippen molar-refractivity contribution in [1.82, 2.24) is 19.8 Å². The van der Waals surface area contributed by atoms with Gasteiger partial charge < -0.3 is 10.1 Å². The van der Waals surface area contributed by atoms with E-state index in [4.69, 9.17) is 4.74 Å². The van der Waals surface area contributed by atoms with Crippen molar-refractivity contribution in [3.63, 3.8) is 0 Å². The highest BCUT2D eigenvalue weighted by atomic mass is 32.2. The number of piperidine rings is 1. The molecule has 0 unspecified atom stereocenters. The fourth-order valence-corrected chi connectivity index (χ4v) is 4.49. The van der Waals surface area contributed by atoms with Crippen LogP contribution in [0.1, 0.15) is 24.2 Å². The molecule has 1 saturated heterocycles. The molecular formula is C13H22N4O4S. The molecule has 1 amide bonds. The summed E-state index contributed by atoms with van der Waals surface area (Å²) < 4.78 is 31.6. The Morgan fingerprint density at radius 1 is 1.41 bits per heavy atom. The van der Waals surface area contributed by atoms with Gasteiger partial charge in [-0.15, -0.1) is 0 Å². The van der Waals surface area contributed by atoms with Crippen LogP contribution in [-0.2, 0) is 19.6 Å². The predicted molar refractivity (Wildman–Crippen MR) is 79.9 cm³/mol. The summed E-state index contributed by atoms with van der Waals surface area (Å²) in [6.07, 6.45) is 1.18. The highest BCUT2D eigenvalue weighted by Crippen LogP contribution is 2.24. The number of aryl methyl sites for hydroxylation is 2. The minimum atomic E-state index is -3.54. The third kappa shape index (κ3) is 3.47. The summed E-state index contributed by atoms with van der Waals surface area (Å²) in [6, 6.07) is -0.0133. The van der Waals surface area contributed by atoms with Gasteiger partial charge >= 0.3 is 0 Å². The van der Waals surface area contributed by atoms with E-state index in [1.165, 1.54) is 11.4 Å². The van der Waals surface area contributed by atoms with E-state index in [0.29, 0.717) is 37.3 Å². The molecular weight excluding hydrogens is 308 g/mol. The first-order valence-electron chi connectivity index (χ1n) is 7.16. The van der Waals surface area contributed by atoms with Crippen LogP contribution in [0.2, 0.25) is 0 Å². The van der Waals surface area contributed by atoms with Crippen LogP contribution in [0.4, 0.5) is 0 Å². The van der Waals surface area contributed by atoms with Crippen molar-refractivity contribution in [1.29, 1.82) is 0 Å². The van der Waals surface area contributed by atoms with Crippen molar-refractivity contribution in [2.75, 3.05) is 26.8 Å². The molecule has 0 aromatic carbocycles. The van der Waals surface area contributed by atoms with Crippen molar-refractivity contribution in [3.8, 4) is 0 Å². The van der Waals surface area contributed by atoms with Crippen molar-refractivity contribution in [2.24, 2.45) is 0 Å². The lowest BCUT2D eigenvalue weighted by Crippen LogP contribution is -2.47. The maximum absolute atomic E-state index is 12.7. The fourth-order valence-electron chi connectivity index (χ4n) is 2.69. The summed E-state index contributed by atoms with van der Waals surface area (Å²) in [5.74, 6) is -0.176. The second-order valence-electron chi connectivity index (χ2n) is 5.44. The molecule has 0 radical (unpaired) electrons. The fraction of sp³-hybridized carbons (Fsp3) is 0.692. The first kappa shape index (κ1) is 16.9.